The van der Waals surface area contributed by atoms with E-state index in [1.54, 1.807) is 0 Å². The van der Waals surface area contributed by atoms with Gasteiger partial charge in [0.1, 0.15) is 5.82 Å². The number of rotatable bonds is 4. The number of anilines is 1. The van der Waals surface area contributed by atoms with E-state index in [1.807, 2.05) is 23.2 Å². The van der Waals surface area contributed by atoms with Crippen LogP contribution >= 0.6 is 0 Å². The number of urea groups is 1. The number of piperidine rings is 1. The summed E-state index contributed by atoms with van der Waals surface area (Å²) in [6, 6.07) is 4.12. The first-order chi connectivity index (χ1) is 11.8. The van der Waals surface area contributed by atoms with Crippen LogP contribution in [0.4, 0.5) is 10.6 Å². The van der Waals surface area contributed by atoms with Crippen LogP contribution in [-0.4, -0.2) is 55.3 Å². The Morgan fingerprint density at radius 3 is 2.88 bits per heavy atom. The molecule has 1 N–H and O–H groups in total. The summed E-state index contributed by atoms with van der Waals surface area (Å²) in [5.41, 5.74) is 1.03. The van der Waals surface area contributed by atoms with Crippen LogP contribution in [-0.2, 0) is 11.3 Å². The van der Waals surface area contributed by atoms with Gasteiger partial charge in [-0.15, -0.1) is 0 Å². The zero-order valence-corrected chi connectivity index (χ0v) is 14.5. The van der Waals surface area contributed by atoms with Crippen LogP contribution in [0.15, 0.2) is 18.3 Å². The van der Waals surface area contributed by atoms with Gasteiger partial charge < -0.3 is 19.9 Å². The van der Waals surface area contributed by atoms with Gasteiger partial charge in [0.2, 0.25) is 0 Å². The average Bonchev–Trinajstić information content (AvgIpc) is 2.67. The molecule has 3 rings (SSSR count). The third-order valence-electron chi connectivity index (χ3n) is 4.97. The number of pyridine rings is 1. The van der Waals surface area contributed by atoms with Gasteiger partial charge in [0.05, 0.1) is 13.2 Å². The highest BCUT2D eigenvalue weighted by Crippen LogP contribution is 2.19. The van der Waals surface area contributed by atoms with Crippen molar-refractivity contribution in [2.45, 2.75) is 32.7 Å². The summed E-state index contributed by atoms with van der Waals surface area (Å²) in [5.74, 6) is 1.63. The summed E-state index contributed by atoms with van der Waals surface area (Å²) < 4.78 is 5.36. The molecular weight excluding hydrogens is 304 g/mol. The van der Waals surface area contributed by atoms with Crippen molar-refractivity contribution >= 4 is 11.8 Å². The molecule has 1 aromatic rings. The minimum atomic E-state index is 0.0467. The Morgan fingerprint density at radius 2 is 2.17 bits per heavy atom. The fourth-order valence-electron chi connectivity index (χ4n) is 3.37. The molecule has 0 radical (unpaired) electrons. The lowest BCUT2D eigenvalue weighted by molar-refractivity contribution is 0.122. The monoisotopic (exact) mass is 332 g/mol. The molecule has 132 valence electrons. The average molecular weight is 332 g/mol. The smallest absolute Gasteiger partial charge is 0.317 e. The lowest BCUT2D eigenvalue weighted by Crippen LogP contribution is -2.45. The predicted octanol–water partition coefficient (Wildman–Crippen LogP) is 2.25. The van der Waals surface area contributed by atoms with Crippen molar-refractivity contribution in [2.24, 2.45) is 5.92 Å². The SMILES string of the molecule is CC[C@H]1CCCN(C(=O)NCc2ccc(N3CCOCC3)nc2)C1. The number of nitrogens with one attached hydrogen (secondary N) is 1. The van der Waals surface area contributed by atoms with Crippen molar-refractivity contribution in [1.29, 1.82) is 0 Å². The number of hydrogen-bond acceptors (Lipinski definition) is 4. The molecule has 2 amide bonds. The zero-order valence-electron chi connectivity index (χ0n) is 14.5. The van der Waals surface area contributed by atoms with Crippen molar-refractivity contribution in [3.05, 3.63) is 23.9 Å². The van der Waals surface area contributed by atoms with E-state index in [-0.39, 0.29) is 6.03 Å². The summed E-state index contributed by atoms with van der Waals surface area (Å²) in [4.78, 5) is 21.0. The second-order valence-electron chi connectivity index (χ2n) is 6.65. The molecule has 1 atom stereocenters. The van der Waals surface area contributed by atoms with Gasteiger partial charge in [-0.2, -0.15) is 0 Å². The maximum absolute atomic E-state index is 12.3. The van der Waals surface area contributed by atoms with E-state index in [0.29, 0.717) is 12.5 Å². The Kier molecular flexibility index (Phi) is 5.91. The molecule has 6 nitrogen and oxygen atoms in total. The van der Waals surface area contributed by atoms with E-state index in [9.17, 15) is 4.79 Å². The van der Waals surface area contributed by atoms with Gasteiger partial charge in [-0.1, -0.05) is 19.4 Å². The van der Waals surface area contributed by atoms with Gasteiger partial charge >= 0.3 is 6.03 Å². The minimum absolute atomic E-state index is 0.0467. The fraction of sp³-hybridized carbons (Fsp3) is 0.667. The van der Waals surface area contributed by atoms with Gasteiger partial charge in [0.15, 0.2) is 0 Å². The van der Waals surface area contributed by atoms with Crippen molar-refractivity contribution < 1.29 is 9.53 Å². The fourth-order valence-corrected chi connectivity index (χ4v) is 3.37. The number of carbonyl (C=O) groups is 1. The van der Waals surface area contributed by atoms with E-state index < -0.39 is 0 Å². The summed E-state index contributed by atoms with van der Waals surface area (Å²) >= 11 is 0. The number of amides is 2. The maximum atomic E-state index is 12.3. The molecule has 0 unspecified atom stereocenters. The molecule has 0 aromatic carbocycles. The Labute approximate surface area is 144 Å². The molecular formula is C18H28N4O2. The quantitative estimate of drug-likeness (QED) is 0.919. The Balaban J connectivity index is 1.48. The van der Waals surface area contributed by atoms with Crippen LogP contribution < -0.4 is 10.2 Å². The summed E-state index contributed by atoms with van der Waals surface area (Å²) in [6.07, 6.45) is 5.36. The van der Waals surface area contributed by atoms with Crippen LogP contribution in [0, 0.1) is 5.92 Å². The molecule has 1 aromatic heterocycles. The molecule has 2 aliphatic heterocycles. The van der Waals surface area contributed by atoms with Crippen LogP contribution in [0.5, 0.6) is 0 Å². The van der Waals surface area contributed by atoms with Crippen molar-refractivity contribution in [1.82, 2.24) is 15.2 Å². The first-order valence-corrected chi connectivity index (χ1v) is 9.06. The Hall–Kier alpha value is -1.82. The summed E-state index contributed by atoms with van der Waals surface area (Å²) in [7, 11) is 0. The number of likely N-dealkylation sites (tertiary alicyclic amines) is 1. The van der Waals surface area contributed by atoms with E-state index in [0.717, 1.165) is 63.6 Å². The second kappa shape index (κ2) is 8.33. The molecule has 0 bridgehead atoms. The van der Waals surface area contributed by atoms with E-state index in [1.165, 1.54) is 6.42 Å². The first kappa shape index (κ1) is 17.0. The molecule has 0 saturated carbocycles. The predicted molar refractivity (Wildman–Crippen MR) is 94.1 cm³/mol. The standard InChI is InChI=1S/C18H28N4O2/c1-2-15-4-3-7-22(14-15)18(23)20-13-16-5-6-17(19-12-16)21-8-10-24-11-9-21/h5-6,12,15H,2-4,7-11,13-14H2,1H3,(H,20,23)/t15-/m0/s1. The zero-order chi connectivity index (χ0) is 16.8. The number of morpholine rings is 1. The van der Waals surface area contributed by atoms with Crippen LogP contribution in [0.1, 0.15) is 31.7 Å². The molecule has 0 aliphatic carbocycles. The lowest BCUT2D eigenvalue weighted by Gasteiger charge is -2.32. The number of nitrogens with zero attached hydrogens (tertiary/aromatic N) is 3. The number of hydrogen-bond donors (Lipinski definition) is 1. The lowest BCUT2D eigenvalue weighted by atomic mass is 9.96. The van der Waals surface area contributed by atoms with E-state index in [4.69, 9.17) is 4.74 Å². The maximum Gasteiger partial charge on any atom is 0.317 e. The van der Waals surface area contributed by atoms with Crippen molar-refractivity contribution in [2.75, 3.05) is 44.3 Å². The number of ether oxygens (including phenoxy) is 1. The minimum Gasteiger partial charge on any atom is -0.378 e. The molecule has 2 aliphatic rings. The summed E-state index contributed by atoms with van der Waals surface area (Å²) in [5, 5.41) is 3.03. The van der Waals surface area contributed by atoms with E-state index in [2.05, 4.69) is 22.1 Å². The highest BCUT2D eigenvalue weighted by atomic mass is 16.5. The van der Waals surface area contributed by atoms with E-state index >= 15 is 0 Å². The second-order valence-corrected chi connectivity index (χ2v) is 6.65. The molecule has 2 saturated heterocycles. The first-order valence-electron chi connectivity index (χ1n) is 9.06. The molecule has 6 heteroatoms. The summed E-state index contributed by atoms with van der Waals surface area (Å²) in [6.45, 7) is 7.78. The highest BCUT2D eigenvalue weighted by molar-refractivity contribution is 5.74. The number of carbonyl (C=O) groups excluding carboxylic acids is 1. The van der Waals surface area contributed by atoms with Crippen molar-refractivity contribution in [3.8, 4) is 0 Å². The largest absolute Gasteiger partial charge is 0.378 e. The third-order valence-corrected chi connectivity index (χ3v) is 4.97. The van der Waals surface area contributed by atoms with Crippen LogP contribution in [0.3, 0.4) is 0 Å². The van der Waals surface area contributed by atoms with Gasteiger partial charge in [-0.3, -0.25) is 0 Å². The number of aromatic nitrogens is 1. The van der Waals surface area contributed by atoms with Gasteiger partial charge in [-0.05, 0) is 30.4 Å². The molecule has 2 fully saturated rings. The van der Waals surface area contributed by atoms with Crippen molar-refractivity contribution in [3.63, 3.8) is 0 Å². The Morgan fingerprint density at radius 1 is 1.33 bits per heavy atom. The Bertz CT molecular complexity index is 528. The molecule has 3 heterocycles. The van der Waals surface area contributed by atoms with Gasteiger partial charge in [0.25, 0.3) is 0 Å². The molecule has 24 heavy (non-hydrogen) atoms. The highest BCUT2D eigenvalue weighted by Gasteiger charge is 2.22. The van der Waals surface area contributed by atoms with Gasteiger partial charge in [-0.25, -0.2) is 9.78 Å². The third kappa shape index (κ3) is 4.38. The van der Waals surface area contributed by atoms with Crippen LogP contribution in [0.25, 0.3) is 0 Å². The topological polar surface area (TPSA) is 57.7 Å². The van der Waals surface area contributed by atoms with Gasteiger partial charge in [0, 0.05) is 38.9 Å². The molecule has 0 spiro atoms. The van der Waals surface area contributed by atoms with Crippen LogP contribution in [0.2, 0.25) is 0 Å². The normalized spacial score (nSPS) is 21.6.